The lowest BCUT2D eigenvalue weighted by Gasteiger charge is -2.44. The normalized spacial score (nSPS) is 33.2. The molecule has 5 atom stereocenters. The maximum absolute atomic E-state index is 6.33. The Kier molecular flexibility index (Phi) is 10.0. The lowest BCUT2D eigenvalue weighted by Crippen LogP contribution is -2.44. The maximum Gasteiger partial charge on any atom is 0.0607 e. The van der Waals surface area contributed by atoms with Gasteiger partial charge in [0.15, 0.2) is 0 Å². The summed E-state index contributed by atoms with van der Waals surface area (Å²) in [5.74, 6) is 4.90. The van der Waals surface area contributed by atoms with Crippen LogP contribution in [0.5, 0.6) is 0 Å². The van der Waals surface area contributed by atoms with E-state index in [0.717, 1.165) is 18.8 Å². The van der Waals surface area contributed by atoms with Gasteiger partial charge in [-0.3, -0.25) is 0 Å². The van der Waals surface area contributed by atoms with Crippen LogP contribution in [0.15, 0.2) is 0 Å². The Bertz CT molecular complexity index is 276. The van der Waals surface area contributed by atoms with Crippen LogP contribution >= 0.6 is 0 Å². The molecule has 1 aliphatic heterocycles. The molecule has 0 amide bonds. The van der Waals surface area contributed by atoms with Crippen LogP contribution in [0.1, 0.15) is 80.1 Å². The second-order valence-corrected chi connectivity index (χ2v) is 6.36. The zero-order chi connectivity index (χ0) is 14.3. The van der Waals surface area contributed by atoms with Gasteiger partial charge in [-0.25, -0.2) is 0 Å². The van der Waals surface area contributed by atoms with Crippen molar-refractivity contribution in [3.63, 3.8) is 0 Å². The number of terminal acetylenes is 1. The largest absolute Gasteiger partial charge is 0.374 e. The molecule has 0 radical (unpaired) electrons. The molecule has 1 heteroatoms. The van der Waals surface area contributed by atoms with E-state index in [-0.39, 0.29) is 7.43 Å². The first-order valence-corrected chi connectivity index (χ1v) is 8.20. The third-order valence-electron chi connectivity index (χ3n) is 5.14. The van der Waals surface area contributed by atoms with Gasteiger partial charge in [0, 0.05) is 6.42 Å². The monoisotopic (exact) mass is 280 g/mol. The highest BCUT2D eigenvalue weighted by atomic mass is 16.5. The van der Waals surface area contributed by atoms with Crippen molar-refractivity contribution in [1.29, 1.82) is 0 Å². The minimum Gasteiger partial charge on any atom is -0.374 e. The first-order valence-electron chi connectivity index (χ1n) is 8.20. The van der Waals surface area contributed by atoms with Gasteiger partial charge in [-0.1, -0.05) is 54.4 Å². The Morgan fingerprint density at radius 3 is 2.10 bits per heavy atom. The average molecular weight is 280 g/mol. The summed E-state index contributed by atoms with van der Waals surface area (Å²) in [6.45, 7) is 9.38. The Balaban J connectivity index is 0.00000361. The molecule has 0 aromatic heterocycles. The summed E-state index contributed by atoms with van der Waals surface area (Å²) in [5, 5.41) is 0. The highest BCUT2D eigenvalue weighted by Crippen LogP contribution is 2.37. The van der Waals surface area contributed by atoms with Gasteiger partial charge in [0.05, 0.1) is 12.2 Å². The zero-order valence-electron chi connectivity index (χ0n) is 13.3. The molecule has 0 saturated carbocycles. The van der Waals surface area contributed by atoms with Crippen LogP contribution in [0.3, 0.4) is 0 Å². The first-order chi connectivity index (χ1) is 9.11. The van der Waals surface area contributed by atoms with Gasteiger partial charge in [-0.05, 0) is 37.0 Å². The van der Waals surface area contributed by atoms with Crippen molar-refractivity contribution in [2.24, 2.45) is 17.8 Å². The summed E-state index contributed by atoms with van der Waals surface area (Å²) >= 11 is 0. The Hall–Kier alpha value is -0.480. The van der Waals surface area contributed by atoms with Crippen molar-refractivity contribution in [2.75, 3.05) is 0 Å². The third kappa shape index (κ3) is 5.49. The molecule has 20 heavy (non-hydrogen) atoms. The Morgan fingerprint density at radius 2 is 1.50 bits per heavy atom. The van der Waals surface area contributed by atoms with E-state index in [2.05, 4.69) is 33.6 Å². The van der Waals surface area contributed by atoms with E-state index in [4.69, 9.17) is 11.2 Å². The van der Waals surface area contributed by atoms with Gasteiger partial charge in [0.1, 0.15) is 0 Å². The molecule has 0 aliphatic carbocycles. The molecule has 0 bridgehead atoms. The summed E-state index contributed by atoms with van der Waals surface area (Å²) in [6.07, 6.45) is 14.6. The first kappa shape index (κ1) is 19.5. The number of ether oxygens (including phenoxy) is 1. The molecule has 1 saturated heterocycles. The maximum atomic E-state index is 6.33. The van der Waals surface area contributed by atoms with Gasteiger partial charge in [0.2, 0.25) is 0 Å². The summed E-state index contributed by atoms with van der Waals surface area (Å²) < 4.78 is 6.33. The Morgan fingerprint density at radius 1 is 0.900 bits per heavy atom. The van der Waals surface area contributed by atoms with Crippen molar-refractivity contribution in [3.8, 4) is 12.3 Å². The fourth-order valence-corrected chi connectivity index (χ4v) is 3.35. The second kappa shape index (κ2) is 10.3. The number of hydrogen-bond donors (Lipinski definition) is 0. The predicted molar refractivity (Wildman–Crippen MR) is 89.7 cm³/mol. The molecule has 0 N–H and O–H groups in total. The zero-order valence-corrected chi connectivity index (χ0v) is 13.3. The smallest absolute Gasteiger partial charge is 0.0607 e. The number of unbranched alkanes of at least 4 members (excludes halogenated alkanes) is 4. The summed E-state index contributed by atoms with van der Waals surface area (Å²) in [6, 6.07) is 0. The van der Waals surface area contributed by atoms with Crippen LogP contribution in [0, 0.1) is 30.1 Å². The molecular formula is C19H36O. The molecule has 1 nitrogen and oxygen atoms in total. The predicted octanol–water partition coefficient (Wildman–Crippen LogP) is 5.68. The average Bonchev–Trinajstić information content (AvgIpc) is 2.42. The number of hydrogen-bond acceptors (Lipinski definition) is 1. The molecule has 1 aliphatic rings. The van der Waals surface area contributed by atoms with E-state index in [1.54, 1.807) is 0 Å². The van der Waals surface area contributed by atoms with Crippen molar-refractivity contribution in [3.05, 3.63) is 0 Å². The van der Waals surface area contributed by atoms with E-state index in [1.165, 1.54) is 32.1 Å². The van der Waals surface area contributed by atoms with E-state index < -0.39 is 0 Å². The molecular weight excluding hydrogens is 244 g/mol. The van der Waals surface area contributed by atoms with Crippen molar-refractivity contribution >= 4 is 0 Å². The molecule has 118 valence electrons. The van der Waals surface area contributed by atoms with E-state index >= 15 is 0 Å². The summed E-state index contributed by atoms with van der Waals surface area (Å²) in [5.41, 5.74) is 0. The lowest BCUT2D eigenvalue weighted by atomic mass is 9.75. The van der Waals surface area contributed by atoms with Gasteiger partial charge in [0.25, 0.3) is 0 Å². The van der Waals surface area contributed by atoms with Gasteiger partial charge in [-0.15, -0.1) is 12.3 Å². The van der Waals surface area contributed by atoms with Crippen LogP contribution in [0.25, 0.3) is 0 Å². The van der Waals surface area contributed by atoms with Gasteiger partial charge < -0.3 is 4.74 Å². The molecule has 1 heterocycles. The topological polar surface area (TPSA) is 9.23 Å². The van der Waals surface area contributed by atoms with Gasteiger partial charge in [-0.2, -0.15) is 0 Å². The van der Waals surface area contributed by atoms with Crippen LogP contribution in [-0.4, -0.2) is 12.2 Å². The quantitative estimate of drug-likeness (QED) is 0.430. The van der Waals surface area contributed by atoms with E-state index in [0.29, 0.717) is 24.0 Å². The minimum atomic E-state index is 0. The van der Waals surface area contributed by atoms with Crippen LogP contribution < -0.4 is 0 Å². The van der Waals surface area contributed by atoms with Crippen LogP contribution in [0.2, 0.25) is 0 Å². The second-order valence-electron chi connectivity index (χ2n) is 6.36. The Labute approximate surface area is 127 Å². The summed E-state index contributed by atoms with van der Waals surface area (Å²) in [4.78, 5) is 0. The fourth-order valence-electron chi connectivity index (χ4n) is 3.35. The highest BCUT2D eigenvalue weighted by molar-refractivity contribution is 4.85. The standard InChI is InChI=1S/C18H32O.CH4/c1-6-8-9-10-11-12-13-18-16(5)14(3)15(4)17(7-2)19-18;/h1,14-18H,7-13H2,2-5H3;1H4. The lowest BCUT2D eigenvalue weighted by molar-refractivity contribution is -0.136. The molecule has 5 unspecified atom stereocenters. The molecule has 1 rings (SSSR count). The SMILES string of the molecule is C.C#CCCCCCCC1OC(CC)C(C)C(C)C1C. The van der Waals surface area contributed by atoms with E-state index in [9.17, 15) is 0 Å². The number of rotatable bonds is 7. The van der Waals surface area contributed by atoms with E-state index in [1.807, 2.05) is 0 Å². The van der Waals surface area contributed by atoms with Crippen molar-refractivity contribution < 1.29 is 4.74 Å². The van der Waals surface area contributed by atoms with Crippen molar-refractivity contribution in [1.82, 2.24) is 0 Å². The molecule has 1 fully saturated rings. The van der Waals surface area contributed by atoms with Crippen LogP contribution in [-0.2, 0) is 4.74 Å². The summed E-state index contributed by atoms with van der Waals surface area (Å²) in [7, 11) is 0. The molecule has 0 aromatic rings. The third-order valence-corrected chi connectivity index (χ3v) is 5.14. The van der Waals surface area contributed by atoms with Crippen LogP contribution in [0.4, 0.5) is 0 Å². The molecule has 0 aromatic carbocycles. The fraction of sp³-hybridized carbons (Fsp3) is 0.895. The highest BCUT2D eigenvalue weighted by Gasteiger charge is 2.37. The van der Waals surface area contributed by atoms with Crippen molar-refractivity contribution in [2.45, 2.75) is 92.3 Å². The van der Waals surface area contributed by atoms with Gasteiger partial charge >= 0.3 is 0 Å². The molecule has 0 spiro atoms. The minimum absolute atomic E-state index is 0.